The molecule has 138 valence electrons. The minimum atomic E-state index is 0.561. The predicted molar refractivity (Wildman–Crippen MR) is 107 cm³/mol. The Morgan fingerprint density at radius 1 is 0.963 bits per heavy atom. The summed E-state index contributed by atoms with van der Waals surface area (Å²) in [5.41, 5.74) is 2.83. The number of aromatic nitrogens is 2. The monoisotopic (exact) mass is 362 g/mol. The molecule has 1 saturated heterocycles. The van der Waals surface area contributed by atoms with Crippen LogP contribution in [-0.4, -0.2) is 43.4 Å². The molecule has 1 N–H and O–H groups in total. The van der Waals surface area contributed by atoms with Crippen molar-refractivity contribution in [3.8, 4) is 17.0 Å². The van der Waals surface area contributed by atoms with Crippen LogP contribution in [0, 0.1) is 0 Å². The highest BCUT2D eigenvalue weighted by atomic mass is 16.5. The van der Waals surface area contributed by atoms with Crippen molar-refractivity contribution in [3.63, 3.8) is 0 Å². The molecule has 27 heavy (non-hydrogen) atoms. The second-order valence-electron chi connectivity index (χ2n) is 6.26. The van der Waals surface area contributed by atoms with E-state index in [1.165, 1.54) is 0 Å². The van der Waals surface area contributed by atoms with Gasteiger partial charge >= 0.3 is 0 Å². The Balaban J connectivity index is 1.70. The van der Waals surface area contributed by atoms with Gasteiger partial charge in [0.1, 0.15) is 11.6 Å². The minimum Gasteiger partial charge on any atom is -0.497 e. The lowest BCUT2D eigenvalue weighted by molar-refractivity contribution is 0.122. The van der Waals surface area contributed by atoms with Crippen molar-refractivity contribution in [3.05, 3.63) is 60.7 Å². The fourth-order valence-corrected chi connectivity index (χ4v) is 3.03. The average Bonchev–Trinajstić information content (AvgIpc) is 2.75. The van der Waals surface area contributed by atoms with Crippen LogP contribution in [0.1, 0.15) is 0 Å². The van der Waals surface area contributed by atoms with Gasteiger partial charge < -0.3 is 19.7 Å². The second-order valence-corrected chi connectivity index (χ2v) is 6.26. The van der Waals surface area contributed by atoms with Crippen molar-refractivity contribution < 1.29 is 9.47 Å². The van der Waals surface area contributed by atoms with Crippen LogP contribution in [0.15, 0.2) is 60.7 Å². The van der Waals surface area contributed by atoms with Crippen molar-refractivity contribution in [2.75, 3.05) is 43.6 Å². The van der Waals surface area contributed by atoms with Crippen molar-refractivity contribution in [1.29, 1.82) is 0 Å². The molecule has 1 aromatic heterocycles. The molecule has 0 unspecified atom stereocenters. The second kappa shape index (κ2) is 8.05. The molecule has 0 radical (unpaired) electrons. The molecule has 4 rings (SSSR count). The van der Waals surface area contributed by atoms with Gasteiger partial charge in [0.15, 0.2) is 0 Å². The Morgan fingerprint density at radius 2 is 1.78 bits per heavy atom. The molecule has 3 aromatic rings. The molecule has 2 heterocycles. The van der Waals surface area contributed by atoms with E-state index < -0.39 is 0 Å². The summed E-state index contributed by atoms with van der Waals surface area (Å²) < 4.78 is 10.8. The Bertz CT molecular complexity index is 896. The highest BCUT2D eigenvalue weighted by Gasteiger charge is 2.16. The quantitative estimate of drug-likeness (QED) is 0.746. The molecule has 1 fully saturated rings. The SMILES string of the molecule is COc1cccc(Nc2nc(-c3ccccc3)cc(N3CCOCC3)n2)c1. The summed E-state index contributed by atoms with van der Waals surface area (Å²) in [4.78, 5) is 11.7. The van der Waals surface area contributed by atoms with Crippen LogP contribution in [0.25, 0.3) is 11.3 Å². The van der Waals surface area contributed by atoms with Crippen LogP contribution < -0.4 is 15.0 Å². The number of nitrogens with one attached hydrogen (secondary N) is 1. The molecule has 0 atom stereocenters. The summed E-state index contributed by atoms with van der Waals surface area (Å²) >= 11 is 0. The number of ether oxygens (including phenoxy) is 2. The zero-order valence-corrected chi connectivity index (χ0v) is 15.3. The molecule has 0 bridgehead atoms. The Labute approximate surface area is 158 Å². The molecule has 6 nitrogen and oxygen atoms in total. The number of morpholine rings is 1. The fraction of sp³-hybridized carbons (Fsp3) is 0.238. The van der Waals surface area contributed by atoms with Crippen molar-refractivity contribution in [2.24, 2.45) is 0 Å². The molecule has 1 aliphatic rings. The molecular formula is C21H22N4O2. The standard InChI is InChI=1S/C21H22N4O2/c1-26-18-9-5-8-17(14-18)22-21-23-19(16-6-3-2-4-7-16)15-20(24-21)25-10-12-27-13-11-25/h2-9,14-15H,10-13H2,1H3,(H,22,23,24). The van der Waals surface area contributed by atoms with Gasteiger partial charge in [-0.25, -0.2) is 4.98 Å². The highest BCUT2D eigenvalue weighted by Crippen LogP contribution is 2.26. The van der Waals surface area contributed by atoms with Crippen molar-refractivity contribution in [1.82, 2.24) is 9.97 Å². The molecular weight excluding hydrogens is 340 g/mol. The molecule has 0 saturated carbocycles. The fourth-order valence-electron chi connectivity index (χ4n) is 3.03. The maximum Gasteiger partial charge on any atom is 0.229 e. The van der Waals surface area contributed by atoms with E-state index in [9.17, 15) is 0 Å². The van der Waals surface area contributed by atoms with E-state index in [-0.39, 0.29) is 0 Å². The van der Waals surface area contributed by atoms with Crippen LogP contribution in [0.4, 0.5) is 17.5 Å². The van der Waals surface area contributed by atoms with E-state index in [1.807, 2.05) is 48.5 Å². The lowest BCUT2D eigenvalue weighted by Gasteiger charge is -2.28. The maximum atomic E-state index is 5.47. The minimum absolute atomic E-state index is 0.561. The first-order valence-corrected chi connectivity index (χ1v) is 9.00. The largest absolute Gasteiger partial charge is 0.497 e. The van der Waals surface area contributed by atoms with Gasteiger partial charge in [0.05, 0.1) is 26.0 Å². The van der Waals surface area contributed by atoms with Gasteiger partial charge in [0.2, 0.25) is 5.95 Å². The molecule has 6 heteroatoms. The Kier molecular flexibility index (Phi) is 5.16. The molecule has 1 aliphatic heterocycles. The number of hydrogen-bond acceptors (Lipinski definition) is 6. The maximum absolute atomic E-state index is 5.47. The third-order valence-corrected chi connectivity index (χ3v) is 4.44. The molecule has 0 spiro atoms. The number of hydrogen-bond donors (Lipinski definition) is 1. The van der Waals surface area contributed by atoms with E-state index in [4.69, 9.17) is 19.4 Å². The van der Waals surface area contributed by atoms with E-state index in [0.29, 0.717) is 19.2 Å². The summed E-state index contributed by atoms with van der Waals surface area (Å²) in [5.74, 6) is 2.25. The summed E-state index contributed by atoms with van der Waals surface area (Å²) in [7, 11) is 1.65. The van der Waals surface area contributed by atoms with Crippen molar-refractivity contribution >= 4 is 17.5 Å². The zero-order valence-electron chi connectivity index (χ0n) is 15.3. The first kappa shape index (κ1) is 17.3. The molecule has 2 aromatic carbocycles. The van der Waals surface area contributed by atoms with E-state index in [0.717, 1.165) is 41.6 Å². The molecule has 0 amide bonds. The van der Waals surface area contributed by atoms with Crippen LogP contribution in [0.5, 0.6) is 5.75 Å². The first-order valence-electron chi connectivity index (χ1n) is 9.00. The number of anilines is 3. The zero-order chi connectivity index (χ0) is 18.5. The van der Waals surface area contributed by atoms with E-state index >= 15 is 0 Å². The van der Waals surface area contributed by atoms with Gasteiger partial charge in [0.25, 0.3) is 0 Å². The Hall–Kier alpha value is -3.12. The molecule has 0 aliphatic carbocycles. The third-order valence-electron chi connectivity index (χ3n) is 4.44. The Morgan fingerprint density at radius 3 is 2.56 bits per heavy atom. The van der Waals surface area contributed by atoms with Crippen LogP contribution >= 0.6 is 0 Å². The summed E-state index contributed by atoms with van der Waals surface area (Å²) in [6.45, 7) is 3.07. The number of nitrogens with zero attached hydrogens (tertiary/aromatic N) is 3. The van der Waals surface area contributed by atoms with Crippen LogP contribution in [0.2, 0.25) is 0 Å². The van der Waals surface area contributed by atoms with Gasteiger partial charge in [-0.1, -0.05) is 36.4 Å². The van der Waals surface area contributed by atoms with Gasteiger partial charge in [-0.3, -0.25) is 0 Å². The van der Waals surface area contributed by atoms with E-state index in [2.05, 4.69) is 22.3 Å². The van der Waals surface area contributed by atoms with Gasteiger partial charge in [-0.15, -0.1) is 0 Å². The topological polar surface area (TPSA) is 59.5 Å². The van der Waals surface area contributed by atoms with Gasteiger partial charge in [-0.2, -0.15) is 4.98 Å². The van der Waals surface area contributed by atoms with Gasteiger partial charge in [-0.05, 0) is 12.1 Å². The smallest absolute Gasteiger partial charge is 0.229 e. The number of methoxy groups -OCH3 is 1. The third kappa shape index (κ3) is 4.17. The summed E-state index contributed by atoms with van der Waals surface area (Å²) in [5, 5.41) is 3.31. The van der Waals surface area contributed by atoms with Crippen molar-refractivity contribution in [2.45, 2.75) is 0 Å². The number of benzene rings is 2. The lowest BCUT2D eigenvalue weighted by atomic mass is 10.1. The normalized spacial score (nSPS) is 14.0. The highest BCUT2D eigenvalue weighted by molar-refractivity contribution is 5.67. The number of rotatable bonds is 5. The summed E-state index contributed by atoms with van der Waals surface area (Å²) in [6, 6.07) is 19.9. The predicted octanol–water partition coefficient (Wildman–Crippen LogP) is 3.73. The van der Waals surface area contributed by atoms with E-state index in [1.54, 1.807) is 7.11 Å². The first-order chi connectivity index (χ1) is 13.3. The summed E-state index contributed by atoms with van der Waals surface area (Å²) in [6.07, 6.45) is 0. The van der Waals surface area contributed by atoms with Crippen LogP contribution in [-0.2, 0) is 4.74 Å². The van der Waals surface area contributed by atoms with Crippen LogP contribution in [0.3, 0.4) is 0 Å². The lowest BCUT2D eigenvalue weighted by Crippen LogP contribution is -2.36. The average molecular weight is 362 g/mol. The van der Waals surface area contributed by atoms with Gasteiger partial charge in [0, 0.05) is 36.5 Å².